The highest BCUT2D eigenvalue weighted by molar-refractivity contribution is 7.89. The lowest BCUT2D eigenvalue weighted by Gasteiger charge is -2.22. The van der Waals surface area contributed by atoms with Gasteiger partial charge in [0.05, 0.1) is 16.9 Å². The van der Waals surface area contributed by atoms with E-state index in [9.17, 15) is 18.0 Å². The van der Waals surface area contributed by atoms with Crippen LogP contribution < -0.4 is 10.2 Å². The molecule has 1 N–H and O–H groups in total. The molecule has 1 aliphatic rings. The molecule has 1 aromatic rings. The minimum Gasteiger partial charge on any atom is -0.343 e. The van der Waals surface area contributed by atoms with Gasteiger partial charge in [-0.25, -0.2) is 8.42 Å². The third kappa shape index (κ3) is 4.88. The van der Waals surface area contributed by atoms with E-state index in [1.54, 1.807) is 12.1 Å². The van der Waals surface area contributed by atoms with Crippen molar-refractivity contribution < 1.29 is 18.0 Å². The summed E-state index contributed by atoms with van der Waals surface area (Å²) in [5.41, 5.74) is 0.553. The van der Waals surface area contributed by atoms with Gasteiger partial charge in [-0.2, -0.15) is 9.57 Å². The second-order valence-corrected chi connectivity index (χ2v) is 8.62. The topological polar surface area (TPSA) is 111 Å². The van der Waals surface area contributed by atoms with Gasteiger partial charge in [-0.3, -0.25) is 9.59 Å². The fraction of sp³-hybridized carbons (Fsp3) is 0.526. The van der Waals surface area contributed by atoms with Crippen molar-refractivity contribution in [2.24, 2.45) is 5.92 Å². The van der Waals surface area contributed by atoms with Crippen LogP contribution in [-0.2, 0) is 19.6 Å². The van der Waals surface area contributed by atoms with Crippen LogP contribution in [0, 0.1) is 17.2 Å². The van der Waals surface area contributed by atoms with Gasteiger partial charge < -0.3 is 10.2 Å². The van der Waals surface area contributed by atoms with Crippen molar-refractivity contribution in [2.75, 3.05) is 31.1 Å². The van der Waals surface area contributed by atoms with Gasteiger partial charge in [0.15, 0.2) is 0 Å². The SMILES string of the molecule is CCCN(CCC)S(=O)(=O)c1ccc(N2C[C@H](C(=O)NCC#N)CC2=O)cc1. The highest BCUT2D eigenvalue weighted by Gasteiger charge is 2.35. The molecule has 9 heteroatoms. The molecule has 1 fully saturated rings. The summed E-state index contributed by atoms with van der Waals surface area (Å²) in [6.07, 6.45) is 1.53. The summed E-state index contributed by atoms with van der Waals surface area (Å²) in [6.45, 7) is 4.90. The Morgan fingerprint density at radius 3 is 2.39 bits per heavy atom. The molecule has 2 amide bonds. The first-order valence-corrected chi connectivity index (χ1v) is 10.8. The number of hydrogen-bond acceptors (Lipinski definition) is 5. The Kier molecular flexibility index (Phi) is 7.54. The average Bonchev–Trinajstić information content (AvgIpc) is 3.07. The molecular formula is C19H26N4O4S. The number of hydrogen-bond donors (Lipinski definition) is 1. The molecular weight excluding hydrogens is 380 g/mol. The van der Waals surface area contributed by atoms with Gasteiger partial charge >= 0.3 is 0 Å². The molecule has 152 valence electrons. The molecule has 1 heterocycles. The number of amides is 2. The van der Waals surface area contributed by atoms with Gasteiger partial charge in [0.1, 0.15) is 6.54 Å². The van der Waals surface area contributed by atoms with Gasteiger partial charge in [-0.1, -0.05) is 13.8 Å². The van der Waals surface area contributed by atoms with E-state index in [1.807, 2.05) is 19.9 Å². The first-order chi connectivity index (χ1) is 13.3. The van der Waals surface area contributed by atoms with Crippen molar-refractivity contribution in [2.45, 2.75) is 38.0 Å². The lowest BCUT2D eigenvalue weighted by molar-refractivity contribution is -0.126. The van der Waals surface area contributed by atoms with Crippen molar-refractivity contribution in [1.82, 2.24) is 9.62 Å². The molecule has 1 aliphatic heterocycles. The van der Waals surface area contributed by atoms with Crippen molar-refractivity contribution in [3.8, 4) is 6.07 Å². The molecule has 8 nitrogen and oxygen atoms in total. The molecule has 0 radical (unpaired) electrons. The van der Waals surface area contributed by atoms with Crippen LogP contribution in [0.15, 0.2) is 29.2 Å². The lowest BCUT2D eigenvalue weighted by atomic mass is 10.1. The number of benzene rings is 1. The van der Waals surface area contributed by atoms with Crippen molar-refractivity contribution >= 4 is 27.5 Å². The van der Waals surface area contributed by atoms with Crippen LogP contribution in [0.3, 0.4) is 0 Å². The minimum atomic E-state index is -3.58. The second kappa shape index (κ2) is 9.66. The maximum atomic E-state index is 12.8. The predicted octanol–water partition coefficient (Wildman–Crippen LogP) is 1.49. The standard InChI is InChI=1S/C19H26N4O4S/c1-3-11-22(12-4-2)28(26,27)17-7-5-16(6-8-17)23-14-15(13-18(23)24)19(25)21-10-9-20/h5-8,15H,3-4,10-14H2,1-2H3,(H,21,25)/t15-/m1/s1. The van der Waals surface area contributed by atoms with Crippen LogP contribution in [0.2, 0.25) is 0 Å². The number of carbonyl (C=O) groups excluding carboxylic acids is 2. The highest BCUT2D eigenvalue weighted by atomic mass is 32.2. The molecule has 0 bridgehead atoms. The maximum Gasteiger partial charge on any atom is 0.243 e. The highest BCUT2D eigenvalue weighted by Crippen LogP contribution is 2.27. The fourth-order valence-electron chi connectivity index (χ4n) is 3.20. The largest absolute Gasteiger partial charge is 0.343 e. The molecule has 0 unspecified atom stereocenters. The van der Waals surface area contributed by atoms with Gasteiger partial charge in [-0.05, 0) is 37.1 Å². The molecule has 1 saturated heterocycles. The number of nitrogens with zero attached hydrogens (tertiary/aromatic N) is 3. The minimum absolute atomic E-state index is 0.0675. The number of carbonyl (C=O) groups is 2. The van der Waals surface area contributed by atoms with E-state index in [0.29, 0.717) is 18.8 Å². The Morgan fingerprint density at radius 1 is 1.25 bits per heavy atom. The van der Waals surface area contributed by atoms with E-state index in [1.165, 1.54) is 21.3 Å². The Morgan fingerprint density at radius 2 is 1.86 bits per heavy atom. The quantitative estimate of drug-likeness (QED) is 0.625. The molecule has 1 atom stereocenters. The summed E-state index contributed by atoms with van der Waals surface area (Å²) in [5, 5.41) is 11.0. The van der Waals surface area contributed by atoms with Crippen LogP contribution in [0.5, 0.6) is 0 Å². The van der Waals surface area contributed by atoms with Crippen molar-refractivity contribution in [3.63, 3.8) is 0 Å². The fourth-order valence-corrected chi connectivity index (χ4v) is 4.83. The average molecular weight is 407 g/mol. The van der Waals surface area contributed by atoms with Gasteiger partial charge in [-0.15, -0.1) is 0 Å². The lowest BCUT2D eigenvalue weighted by Crippen LogP contribution is -2.33. The van der Waals surface area contributed by atoms with E-state index < -0.39 is 15.9 Å². The Balaban J connectivity index is 2.15. The number of nitriles is 1. The first-order valence-electron chi connectivity index (χ1n) is 9.40. The number of anilines is 1. The monoisotopic (exact) mass is 406 g/mol. The van der Waals surface area contributed by atoms with Crippen LogP contribution in [0.25, 0.3) is 0 Å². The van der Waals surface area contributed by atoms with E-state index in [0.717, 1.165) is 12.8 Å². The zero-order chi connectivity index (χ0) is 20.7. The summed E-state index contributed by atoms with van der Waals surface area (Å²) >= 11 is 0. The molecule has 0 saturated carbocycles. The zero-order valence-electron chi connectivity index (χ0n) is 16.2. The smallest absolute Gasteiger partial charge is 0.243 e. The van der Waals surface area contributed by atoms with E-state index in [4.69, 9.17) is 5.26 Å². The molecule has 0 aliphatic carbocycles. The normalized spacial score (nSPS) is 17.0. The molecule has 1 aromatic carbocycles. The molecule has 0 spiro atoms. The first kappa shape index (κ1) is 21.9. The number of sulfonamides is 1. The molecule has 0 aromatic heterocycles. The summed E-state index contributed by atoms with van der Waals surface area (Å²) in [6, 6.07) is 8.02. The van der Waals surface area contributed by atoms with Crippen molar-refractivity contribution in [3.05, 3.63) is 24.3 Å². The van der Waals surface area contributed by atoms with Crippen LogP contribution in [-0.4, -0.2) is 50.7 Å². The summed E-state index contributed by atoms with van der Waals surface area (Å²) in [7, 11) is -3.58. The van der Waals surface area contributed by atoms with E-state index in [-0.39, 0.29) is 36.2 Å². The summed E-state index contributed by atoms with van der Waals surface area (Å²) < 4.78 is 27.1. The summed E-state index contributed by atoms with van der Waals surface area (Å²) in [4.78, 5) is 25.9. The van der Waals surface area contributed by atoms with Crippen LogP contribution in [0.1, 0.15) is 33.1 Å². The molecule has 2 rings (SSSR count). The van der Waals surface area contributed by atoms with Crippen LogP contribution >= 0.6 is 0 Å². The van der Waals surface area contributed by atoms with Gasteiger partial charge in [0.2, 0.25) is 21.8 Å². The third-order valence-electron chi connectivity index (χ3n) is 4.57. The van der Waals surface area contributed by atoms with Gasteiger partial charge in [0.25, 0.3) is 0 Å². The third-order valence-corrected chi connectivity index (χ3v) is 6.48. The van der Waals surface area contributed by atoms with Crippen LogP contribution in [0.4, 0.5) is 5.69 Å². The second-order valence-electron chi connectivity index (χ2n) is 6.68. The molecule has 28 heavy (non-hydrogen) atoms. The number of rotatable bonds is 9. The Hall–Kier alpha value is -2.44. The Bertz CT molecular complexity index is 840. The van der Waals surface area contributed by atoms with Gasteiger partial charge in [0, 0.05) is 31.7 Å². The van der Waals surface area contributed by atoms with E-state index in [2.05, 4.69) is 5.32 Å². The Labute approximate surface area is 166 Å². The number of nitrogens with one attached hydrogen (secondary N) is 1. The van der Waals surface area contributed by atoms with Crippen molar-refractivity contribution in [1.29, 1.82) is 5.26 Å². The maximum absolute atomic E-state index is 12.8. The zero-order valence-corrected chi connectivity index (χ0v) is 17.0. The van der Waals surface area contributed by atoms with E-state index >= 15 is 0 Å². The predicted molar refractivity (Wildman–Crippen MR) is 105 cm³/mol. The summed E-state index contributed by atoms with van der Waals surface area (Å²) in [5.74, 6) is -1.05.